The molecule has 0 saturated heterocycles. The highest BCUT2D eigenvalue weighted by Crippen LogP contribution is 2.23. The fraction of sp³-hybridized carbons (Fsp3) is 0.278. The van der Waals surface area contributed by atoms with E-state index in [2.05, 4.69) is 5.32 Å². The molecule has 22 heavy (non-hydrogen) atoms. The SMILES string of the molecule is CC(O)(CC(=O)NCCc1ccccc1O)c1ccccc1. The number of hydrogen-bond donors (Lipinski definition) is 3. The van der Waals surface area contributed by atoms with Gasteiger partial charge in [0.1, 0.15) is 5.75 Å². The van der Waals surface area contributed by atoms with E-state index >= 15 is 0 Å². The highest BCUT2D eigenvalue weighted by molar-refractivity contribution is 5.77. The monoisotopic (exact) mass is 299 g/mol. The Balaban J connectivity index is 1.84. The molecule has 1 atom stereocenters. The molecular weight excluding hydrogens is 278 g/mol. The number of phenols is 1. The number of aliphatic hydroxyl groups is 1. The van der Waals surface area contributed by atoms with E-state index in [4.69, 9.17) is 0 Å². The summed E-state index contributed by atoms with van der Waals surface area (Å²) in [6.45, 7) is 2.05. The zero-order valence-corrected chi connectivity index (χ0v) is 12.6. The number of carbonyl (C=O) groups is 1. The van der Waals surface area contributed by atoms with Gasteiger partial charge in [0.05, 0.1) is 12.0 Å². The summed E-state index contributed by atoms with van der Waals surface area (Å²) in [7, 11) is 0. The predicted molar refractivity (Wildman–Crippen MR) is 85.5 cm³/mol. The van der Waals surface area contributed by atoms with Crippen LogP contribution in [0.3, 0.4) is 0 Å². The average molecular weight is 299 g/mol. The lowest BCUT2D eigenvalue weighted by atomic mass is 9.92. The number of benzene rings is 2. The average Bonchev–Trinajstić information content (AvgIpc) is 2.50. The lowest BCUT2D eigenvalue weighted by Gasteiger charge is -2.23. The van der Waals surface area contributed by atoms with Crippen molar-refractivity contribution in [1.29, 1.82) is 0 Å². The second kappa shape index (κ2) is 7.09. The minimum atomic E-state index is -1.19. The molecule has 0 aliphatic carbocycles. The van der Waals surface area contributed by atoms with Gasteiger partial charge in [0.2, 0.25) is 5.91 Å². The zero-order chi connectivity index (χ0) is 16.0. The second-order valence-corrected chi connectivity index (χ2v) is 5.55. The minimum absolute atomic E-state index is 0.00220. The minimum Gasteiger partial charge on any atom is -0.508 e. The molecule has 1 amide bonds. The van der Waals surface area contributed by atoms with Crippen LogP contribution in [0.4, 0.5) is 0 Å². The van der Waals surface area contributed by atoms with Gasteiger partial charge in [-0.15, -0.1) is 0 Å². The van der Waals surface area contributed by atoms with Crippen LogP contribution in [0, 0.1) is 0 Å². The highest BCUT2D eigenvalue weighted by atomic mass is 16.3. The molecule has 2 aromatic rings. The first-order valence-corrected chi connectivity index (χ1v) is 7.30. The fourth-order valence-electron chi connectivity index (χ4n) is 2.33. The Morgan fingerprint density at radius 1 is 1.09 bits per heavy atom. The summed E-state index contributed by atoms with van der Waals surface area (Å²) in [5.41, 5.74) is 0.309. The van der Waals surface area contributed by atoms with Crippen LogP contribution in [-0.2, 0) is 16.8 Å². The summed E-state index contributed by atoms with van der Waals surface area (Å²) < 4.78 is 0. The molecule has 2 rings (SSSR count). The van der Waals surface area contributed by atoms with Gasteiger partial charge in [-0.3, -0.25) is 4.79 Å². The van der Waals surface area contributed by atoms with E-state index in [0.29, 0.717) is 18.5 Å². The quantitative estimate of drug-likeness (QED) is 0.767. The number of carbonyl (C=O) groups excluding carboxylic acids is 1. The second-order valence-electron chi connectivity index (χ2n) is 5.55. The van der Waals surface area contributed by atoms with Crippen molar-refractivity contribution in [2.75, 3.05) is 6.54 Å². The first-order valence-electron chi connectivity index (χ1n) is 7.30. The van der Waals surface area contributed by atoms with Crippen LogP contribution >= 0.6 is 0 Å². The van der Waals surface area contributed by atoms with Crippen LogP contribution in [0.1, 0.15) is 24.5 Å². The van der Waals surface area contributed by atoms with Gasteiger partial charge in [-0.2, -0.15) is 0 Å². The summed E-state index contributed by atoms with van der Waals surface area (Å²) in [5.74, 6) is 0.0114. The standard InChI is InChI=1S/C18H21NO3/c1-18(22,15-8-3-2-4-9-15)13-17(21)19-12-11-14-7-5-6-10-16(14)20/h2-10,20,22H,11-13H2,1H3,(H,19,21). The Bertz CT molecular complexity index is 623. The number of rotatable bonds is 6. The van der Waals surface area contributed by atoms with Crippen LogP contribution in [-0.4, -0.2) is 22.7 Å². The molecule has 0 fully saturated rings. The Hall–Kier alpha value is -2.33. The van der Waals surface area contributed by atoms with Gasteiger partial charge in [-0.1, -0.05) is 48.5 Å². The van der Waals surface area contributed by atoms with Crippen LogP contribution in [0.2, 0.25) is 0 Å². The van der Waals surface area contributed by atoms with Gasteiger partial charge in [0, 0.05) is 6.54 Å². The number of hydrogen-bond acceptors (Lipinski definition) is 3. The molecule has 0 spiro atoms. The molecule has 0 aliphatic heterocycles. The third-order valence-corrected chi connectivity index (χ3v) is 3.61. The maximum Gasteiger partial charge on any atom is 0.223 e. The van der Waals surface area contributed by atoms with Crippen molar-refractivity contribution in [3.63, 3.8) is 0 Å². The van der Waals surface area contributed by atoms with Crippen molar-refractivity contribution >= 4 is 5.91 Å². The van der Waals surface area contributed by atoms with Crippen molar-refractivity contribution in [2.45, 2.75) is 25.4 Å². The maximum atomic E-state index is 12.0. The topological polar surface area (TPSA) is 69.6 Å². The number of phenolic OH excluding ortho intramolecular Hbond substituents is 1. The first kappa shape index (κ1) is 16.0. The molecule has 3 N–H and O–H groups in total. The van der Waals surface area contributed by atoms with Crippen LogP contribution in [0.15, 0.2) is 54.6 Å². The van der Waals surface area contributed by atoms with Crippen molar-refractivity contribution in [3.8, 4) is 5.75 Å². The predicted octanol–water partition coefficient (Wildman–Crippen LogP) is 2.35. The van der Waals surface area contributed by atoms with E-state index < -0.39 is 5.60 Å². The van der Waals surface area contributed by atoms with E-state index in [-0.39, 0.29) is 18.1 Å². The van der Waals surface area contributed by atoms with Gasteiger partial charge in [-0.05, 0) is 30.5 Å². The Morgan fingerprint density at radius 2 is 1.73 bits per heavy atom. The lowest BCUT2D eigenvalue weighted by molar-refractivity contribution is -0.125. The molecule has 1 unspecified atom stereocenters. The third-order valence-electron chi connectivity index (χ3n) is 3.61. The highest BCUT2D eigenvalue weighted by Gasteiger charge is 2.26. The van der Waals surface area contributed by atoms with Gasteiger partial charge < -0.3 is 15.5 Å². The molecule has 0 aliphatic rings. The van der Waals surface area contributed by atoms with Gasteiger partial charge in [0.25, 0.3) is 0 Å². The molecule has 2 aromatic carbocycles. The van der Waals surface area contributed by atoms with E-state index in [1.165, 1.54) is 0 Å². The van der Waals surface area contributed by atoms with Crippen molar-refractivity contribution in [3.05, 3.63) is 65.7 Å². The Morgan fingerprint density at radius 3 is 2.41 bits per heavy atom. The van der Waals surface area contributed by atoms with Crippen LogP contribution < -0.4 is 5.32 Å². The molecule has 4 nitrogen and oxygen atoms in total. The molecule has 0 bridgehead atoms. The number of nitrogens with one attached hydrogen (secondary N) is 1. The third kappa shape index (κ3) is 4.33. The smallest absolute Gasteiger partial charge is 0.223 e. The molecule has 4 heteroatoms. The van der Waals surface area contributed by atoms with Crippen molar-refractivity contribution in [2.24, 2.45) is 0 Å². The summed E-state index contributed by atoms with van der Waals surface area (Å²) in [5, 5.41) is 22.8. The lowest BCUT2D eigenvalue weighted by Crippen LogP contribution is -2.33. The Kier molecular flexibility index (Phi) is 5.17. The molecule has 0 heterocycles. The molecule has 0 saturated carbocycles. The van der Waals surface area contributed by atoms with Gasteiger partial charge in [0.15, 0.2) is 0 Å². The van der Waals surface area contributed by atoms with E-state index in [0.717, 1.165) is 5.56 Å². The Labute approximate surface area is 130 Å². The maximum absolute atomic E-state index is 12.0. The van der Waals surface area contributed by atoms with E-state index in [1.54, 1.807) is 31.2 Å². The van der Waals surface area contributed by atoms with E-state index in [9.17, 15) is 15.0 Å². The van der Waals surface area contributed by atoms with Gasteiger partial charge >= 0.3 is 0 Å². The number of para-hydroxylation sites is 1. The largest absolute Gasteiger partial charge is 0.508 e. The first-order chi connectivity index (χ1) is 10.5. The van der Waals surface area contributed by atoms with Crippen LogP contribution in [0.5, 0.6) is 5.75 Å². The summed E-state index contributed by atoms with van der Waals surface area (Å²) in [6, 6.07) is 16.2. The summed E-state index contributed by atoms with van der Waals surface area (Å²) in [6.07, 6.45) is 0.545. The number of amides is 1. The summed E-state index contributed by atoms with van der Waals surface area (Å²) in [4.78, 5) is 12.0. The normalized spacial score (nSPS) is 13.4. The molecule has 116 valence electrons. The zero-order valence-electron chi connectivity index (χ0n) is 12.6. The summed E-state index contributed by atoms with van der Waals surface area (Å²) >= 11 is 0. The van der Waals surface area contributed by atoms with Crippen molar-refractivity contribution in [1.82, 2.24) is 5.32 Å². The van der Waals surface area contributed by atoms with Crippen molar-refractivity contribution < 1.29 is 15.0 Å². The van der Waals surface area contributed by atoms with E-state index in [1.807, 2.05) is 30.3 Å². The molecule has 0 radical (unpaired) electrons. The van der Waals surface area contributed by atoms with Gasteiger partial charge in [-0.25, -0.2) is 0 Å². The number of aromatic hydroxyl groups is 1. The molecule has 0 aromatic heterocycles. The van der Waals surface area contributed by atoms with Crippen LogP contribution in [0.25, 0.3) is 0 Å². The molecular formula is C18H21NO3. The fourth-order valence-corrected chi connectivity index (χ4v) is 2.33.